The minimum absolute atomic E-state index is 1.09. The summed E-state index contributed by atoms with van der Waals surface area (Å²) < 4.78 is 8.11. The second-order valence-corrected chi connectivity index (χ2v) is 1.11. The first kappa shape index (κ1) is 2.78. The Kier molecular flexibility index (Phi) is 0.624. The van der Waals surface area contributed by atoms with Crippen LogP contribution in [0.25, 0.3) is 0 Å². The Bertz CT molecular complexity index is 66.1. The highest BCUT2D eigenvalue weighted by Gasteiger charge is 1.80. The summed E-state index contributed by atoms with van der Waals surface area (Å²) in [5.74, 6) is 0. The Morgan fingerprint density at radius 3 is 3.00 bits per heavy atom. The van der Waals surface area contributed by atoms with Crippen LogP contribution < -0.4 is 0 Å². The monoisotopic (exact) mass is 88.0 g/mol. The number of nitrogens with zero attached hydrogens (tertiary/aromatic N) is 1. The molecule has 3 heteroatoms. The predicted octanol–water partition coefficient (Wildman–Crippen LogP) is 1.02. The molecular formula is C2H2NOS+. The minimum Gasteiger partial charge on any atom is -0.120 e. The third kappa shape index (κ3) is 0.417. The highest BCUT2D eigenvalue weighted by Crippen LogP contribution is 1.83. The lowest BCUT2D eigenvalue weighted by atomic mass is 11.0. The smallest absolute Gasteiger partial charge is 0.120 e. The molecule has 0 unspecified atom stereocenters. The molecule has 0 saturated carbocycles. The lowest BCUT2D eigenvalue weighted by Crippen LogP contribution is -1.32. The van der Waals surface area contributed by atoms with Gasteiger partial charge in [0.05, 0.1) is 0 Å². The first-order valence-electron chi connectivity index (χ1n) is 1.18. The van der Waals surface area contributed by atoms with Gasteiger partial charge in [0.25, 0.3) is 0 Å². The molecule has 0 bridgehead atoms. The van der Waals surface area contributed by atoms with Crippen LogP contribution in [0.2, 0.25) is 0 Å². The molecule has 0 aliphatic heterocycles. The van der Waals surface area contributed by atoms with E-state index < -0.39 is 0 Å². The molecule has 1 aromatic rings. The average molecular weight is 88.1 g/mol. The zero-order chi connectivity index (χ0) is 3.54. The Labute approximate surface area is 33.5 Å². The molecular weight excluding hydrogens is 86.1 g/mol. The third-order valence-corrected chi connectivity index (χ3v) is 0.668. The first-order valence-corrected chi connectivity index (χ1v) is 1.87. The summed E-state index contributed by atoms with van der Waals surface area (Å²) in [6.07, 6.45) is 3.13. The van der Waals surface area contributed by atoms with Crippen molar-refractivity contribution in [2.45, 2.75) is 0 Å². The highest BCUT2D eigenvalue weighted by molar-refractivity contribution is 6.96. The van der Waals surface area contributed by atoms with Gasteiger partial charge in [-0.15, -0.1) is 8.22 Å². The van der Waals surface area contributed by atoms with E-state index in [1.165, 1.54) is 6.26 Å². The lowest BCUT2D eigenvalue weighted by Gasteiger charge is -1.22. The van der Waals surface area contributed by atoms with Crippen molar-refractivity contribution in [3.8, 4) is 0 Å². The SMILES string of the molecule is c1c[o+]sn1. The molecule has 0 fully saturated rings. The Morgan fingerprint density at radius 2 is 2.80 bits per heavy atom. The Hall–Kier alpha value is -0.440. The number of hydrogen-bond acceptors (Lipinski definition) is 2. The van der Waals surface area contributed by atoms with Crippen molar-refractivity contribution >= 4 is 11.8 Å². The Morgan fingerprint density at radius 1 is 1.80 bits per heavy atom. The maximum atomic E-state index is 4.51. The predicted molar refractivity (Wildman–Crippen MR) is 18.8 cm³/mol. The molecule has 5 heavy (non-hydrogen) atoms. The van der Waals surface area contributed by atoms with Crippen molar-refractivity contribution in [3.05, 3.63) is 12.5 Å². The topological polar surface area (TPSA) is 24.2 Å². The minimum atomic E-state index is 1.09. The second kappa shape index (κ2) is 1.12. The van der Waals surface area contributed by atoms with E-state index in [1.807, 2.05) is 0 Å². The Balaban J connectivity index is 3.13. The fourth-order valence-electron chi connectivity index (χ4n) is 0.124. The average Bonchev–Trinajstić information content (AvgIpc) is 1.76. The van der Waals surface area contributed by atoms with Crippen LogP contribution in [0.3, 0.4) is 0 Å². The maximum Gasteiger partial charge on any atom is 0.435 e. The van der Waals surface area contributed by atoms with E-state index in [1.54, 1.807) is 6.20 Å². The van der Waals surface area contributed by atoms with Gasteiger partial charge in [-0.25, -0.2) is 0 Å². The van der Waals surface area contributed by atoms with E-state index in [4.69, 9.17) is 0 Å². The normalized spacial score (nSPS) is 8.00. The molecule has 0 aliphatic rings. The van der Waals surface area contributed by atoms with Gasteiger partial charge >= 0.3 is 18.1 Å². The quantitative estimate of drug-likeness (QED) is 0.442. The first-order chi connectivity index (χ1) is 2.50. The highest BCUT2D eigenvalue weighted by atomic mass is 32.1. The van der Waals surface area contributed by atoms with E-state index in [-0.39, 0.29) is 0 Å². The molecule has 0 N–H and O–H groups in total. The van der Waals surface area contributed by atoms with E-state index in [9.17, 15) is 0 Å². The van der Waals surface area contributed by atoms with Gasteiger partial charge in [0, 0.05) is 0 Å². The van der Waals surface area contributed by atoms with Gasteiger partial charge in [-0.2, -0.15) is 0 Å². The molecule has 26 valence electrons. The fourth-order valence-corrected chi connectivity index (χ4v) is 0.373. The third-order valence-electron chi connectivity index (χ3n) is 0.263. The van der Waals surface area contributed by atoms with Gasteiger partial charge < -0.3 is 0 Å². The molecule has 0 aliphatic carbocycles. The molecule has 1 aromatic heterocycles. The van der Waals surface area contributed by atoms with E-state index in [2.05, 4.69) is 8.22 Å². The van der Waals surface area contributed by atoms with Gasteiger partial charge in [0.2, 0.25) is 0 Å². The molecule has 0 saturated heterocycles. The maximum absolute atomic E-state index is 4.51. The molecule has 1 heterocycles. The molecule has 0 amide bonds. The summed E-state index contributed by atoms with van der Waals surface area (Å²) in [6.45, 7) is 0. The van der Waals surface area contributed by atoms with Crippen LogP contribution in [0.4, 0.5) is 0 Å². The van der Waals surface area contributed by atoms with Crippen molar-refractivity contribution in [2.75, 3.05) is 0 Å². The van der Waals surface area contributed by atoms with Crippen molar-refractivity contribution in [1.29, 1.82) is 0 Å². The molecule has 0 aromatic carbocycles. The van der Waals surface area contributed by atoms with Crippen molar-refractivity contribution in [3.63, 3.8) is 0 Å². The van der Waals surface area contributed by atoms with Crippen LogP contribution in [0, 0.1) is 0 Å². The van der Waals surface area contributed by atoms with Gasteiger partial charge in [-0.05, 0) is 0 Å². The fraction of sp³-hybridized carbons (Fsp3) is 0. The molecule has 0 radical (unpaired) electrons. The van der Waals surface area contributed by atoms with Gasteiger partial charge in [0.1, 0.15) is 6.20 Å². The molecule has 0 atom stereocenters. The van der Waals surface area contributed by atoms with Crippen LogP contribution in [-0.2, 0) is 0 Å². The van der Waals surface area contributed by atoms with Crippen molar-refractivity contribution in [1.82, 2.24) is 4.37 Å². The van der Waals surface area contributed by atoms with Crippen LogP contribution in [0.5, 0.6) is 0 Å². The summed E-state index contributed by atoms with van der Waals surface area (Å²) in [4.78, 5) is 0. The summed E-state index contributed by atoms with van der Waals surface area (Å²) in [6, 6.07) is 0. The zero-order valence-electron chi connectivity index (χ0n) is 2.42. The van der Waals surface area contributed by atoms with Gasteiger partial charge in [-0.3, -0.25) is 0 Å². The zero-order valence-corrected chi connectivity index (χ0v) is 3.23. The van der Waals surface area contributed by atoms with E-state index in [0.717, 1.165) is 11.8 Å². The van der Waals surface area contributed by atoms with Crippen LogP contribution >= 0.6 is 11.8 Å². The van der Waals surface area contributed by atoms with Crippen molar-refractivity contribution < 1.29 is 3.85 Å². The summed E-state index contributed by atoms with van der Waals surface area (Å²) in [5.41, 5.74) is 0. The number of aromatic nitrogens is 1. The summed E-state index contributed by atoms with van der Waals surface area (Å²) in [5, 5.41) is 0. The second-order valence-electron chi connectivity index (χ2n) is 0.561. The summed E-state index contributed by atoms with van der Waals surface area (Å²) in [7, 11) is 0. The molecule has 2 nitrogen and oxygen atoms in total. The number of rotatable bonds is 0. The molecule has 0 spiro atoms. The lowest BCUT2D eigenvalue weighted by molar-refractivity contribution is 0.692. The summed E-state index contributed by atoms with van der Waals surface area (Å²) >= 11 is 1.09. The standard InChI is InChI=1S/C2H2NOS/c1-2-4-5-3-1/h1-2H/q+1. The van der Waals surface area contributed by atoms with Crippen LogP contribution in [0.1, 0.15) is 0 Å². The van der Waals surface area contributed by atoms with Gasteiger partial charge in [0.15, 0.2) is 0 Å². The van der Waals surface area contributed by atoms with E-state index in [0.29, 0.717) is 0 Å². The van der Waals surface area contributed by atoms with E-state index >= 15 is 0 Å². The number of hydrogen-bond donors (Lipinski definition) is 0. The van der Waals surface area contributed by atoms with Crippen LogP contribution in [-0.4, -0.2) is 4.37 Å². The largest absolute Gasteiger partial charge is 0.435 e. The van der Waals surface area contributed by atoms with Gasteiger partial charge in [-0.1, -0.05) is 0 Å². The molecule has 1 rings (SSSR count). The van der Waals surface area contributed by atoms with Crippen molar-refractivity contribution in [2.24, 2.45) is 0 Å². The van der Waals surface area contributed by atoms with Crippen LogP contribution in [0.15, 0.2) is 16.3 Å².